The Labute approximate surface area is 184 Å². The fraction of sp³-hybridized carbons (Fsp3) is 0.143. The fourth-order valence-electron chi connectivity index (χ4n) is 3.41. The van der Waals surface area contributed by atoms with Crippen LogP contribution in [0.2, 0.25) is 0 Å². The lowest BCUT2D eigenvalue weighted by molar-refractivity contribution is -0.137. The standard InChI is InChI=1S/C21H18F4N6O2/c1-28-17-9-14-18(26)30(10-29-19(14)33-17)12-3-5-13(6-4-12)31(20(27)32)16-8-11(21(23,24)25)2-7-15(16)22/h2-9,28H,10,26H2,1H3,(H2,27,32). The highest BCUT2D eigenvalue weighted by molar-refractivity contribution is 5.98. The molecule has 0 unspecified atom stereocenters. The number of hydrogen-bond donors (Lipinski definition) is 3. The number of halogens is 4. The summed E-state index contributed by atoms with van der Waals surface area (Å²) in [4.78, 5) is 18.7. The van der Waals surface area contributed by atoms with E-state index in [1.54, 1.807) is 30.1 Å². The van der Waals surface area contributed by atoms with Crippen molar-refractivity contribution in [1.29, 1.82) is 0 Å². The summed E-state index contributed by atoms with van der Waals surface area (Å²) in [7, 11) is 1.69. The van der Waals surface area contributed by atoms with Crippen LogP contribution in [0.3, 0.4) is 0 Å². The van der Waals surface area contributed by atoms with Gasteiger partial charge in [-0.1, -0.05) is 0 Å². The molecule has 1 aromatic heterocycles. The first-order chi connectivity index (χ1) is 15.6. The van der Waals surface area contributed by atoms with Gasteiger partial charge in [-0.05, 0) is 42.5 Å². The van der Waals surface area contributed by atoms with E-state index in [-0.39, 0.29) is 12.4 Å². The van der Waals surface area contributed by atoms with Gasteiger partial charge in [-0.2, -0.15) is 13.2 Å². The van der Waals surface area contributed by atoms with Gasteiger partial charge in [0.1, 0.15) is 18.3 Å². The predicted octanol–water partition coefficient (Wildman–Crippen LogP) is 2.82. The van der Waals surface area contributed by atoms with Crippen molar-refractivity contribution < 1.29 is 26.8 Å². The summed E-state index contributed by atoms with van der Waals surface area (Å²) in [5.41, 5.74) is 10.9. The van der Waals surface area contributed by atoms with Gasteiger partial charge in [0.25, 0.3) is 0 Å². The second-order valence-corrected chi connectivity index (χ2v) is 7.05. The Balaban J connectivity index is 1.70. The van der Waals surface area contributed by atoms with Crippen LogP contribution in [0.4, 0.5) is 45.3 Å². The number of alkyl halides is 3. The number of benzene rings is 2. The van der Waals surface area contributed by atoms with Gasteiger partial charge in [0.15, 0.2) is 5.88 Å². The molecule has 0 fully saturated rings. The summed E-state index contributed by atoms with van der Waals surface area (Å²) in [5.74, 6) is -0.177. The van der Waals surface area contributed by atoms with Crippen molar-refractivity contribution in [2.75, 3.05) is 28.8 Å². The van der Waals surface area contributed by atoms with Crippen molar-refractivity contribution in [3.05, 3.63) is 70.7 Å². The second-order valence-electron chi connectivity index (χ2n) is 7.05. The topological polar surface area (TPSA) is 113 Å². The third-order valence-corrected chi connectivity index (χ3v) is 5.04. The molecule has 12 heteroatoms. The highest BCUT2D eigenvalue weighted by Crippen LogP contribution is 2.36. The minimum atomic E-state index is -4.72. The third kappa shape index (κ3) is 4.02. The number of nitrogens with one attached hydrogen (secondary N) is 1. The molecule has 0 spiro atoms. The van der Waals surface area contributed by atoms with E-state index in [1.165, 1.54) is 12.1 Å². The maximum absolute atomic E-state index is 14.4. The molecule has 172 valence electrons. The summed E-state index contributed by atoms with van der Waals surface area (Å²) < 4.78 is 59.2. The lowest BCUT2D eigenvalue weighted by atomic mass is 10.1. The molecule has 0 saturated carbocycles. The summed E-state index contributed by atoms with van der Waals surface area (Å²) in [6.45, 7) is 0.149. The minimum Gasteiger partial charge on any atom is -0.423 e. The summed E-state index contributed by atoms with van der Waals surface area (Å²) in [6, 6.07) is 8.24. The number of fused-ring (bicyclic) bond motifs is 1. The summed E-state index contributed by atoms with van der Waals surface area (Å²) in [5, 5.41) is 3.44. The molecule has 1 aliphatic rings. The zero-order valence-electron chi connectivity index (χ0n) is 17.2. The van der Waals surface area contributed by atoms with E-state index >= 15 is 0 Å². The van der Waals surface area contributed by atoms with E-state index in [4.69, 9.17) is 15.9 Å². The van der Waals surface area contributed by atoms with E-state index in [0.717, 1.165) is 0 Å². The Hall–Kier alpha value is -4.22. The largest absolute Gasteiger partial charge is 0.423 e. The Bertz CT molecular complexity index is 1330. The number of urea groups is 1. The number of carbonyl (C=O) groups is 1. The van der Waals surface area contributed by atoms with E-state index in [1.807, 2.05) is 0 Å². The number of nitrogens with two attached hydrogens (primary N) is 2. The normalized spacial score (nSPS) is 13.4. The smallest absolute Gasteiger partial charge is 0.416 e. The van der Waals surface area contributed by atoms with Gasteiger partial charge in [0.05, 0.1) is 22.2 Å². The van der Waals surface area contributed by atoms with E-state index in [9.17, 15) is 22.4 Å². The van der Waals surface area contributed by atoms with Gasteiger partial charge in [-0.15, -0.1) is 0 Å². The molecule has 2 heterocycles. The van der Waals surface area contributed by atoms with Gasteiger partial charge in [-0.3, -0.25) is 4.90 Å². The average molecular weight is 462 g/mol. The minimum absolute atomic E-state index is 0.0680. The zero-order chi connectivity index (χ0) is 23.9. The van der Waals surface area contributed by atoms with Crippen molar-refractivity contribution >= 4 is 34.8 Å². The lowest BCUT2D eigenvalue weighted by Crippen LogP contribution is -2.42. The van der Waals surface area contributed by atoms with Crippen LogP contribution in [-0.4, -0.2) is 19.7 Å². The first-order valence-corrected chi connectivity index (χ1v) is 9.56. The van der Waals surface area contributed by atoms with Gasteiger partial charge < -0.3 is 26.1 Å². The molecule has 33 heavy (non-hydrogen) atoms. The van der Waals surface area contributed by atoms with Crippen LogP contribution in [0.1, 0.15) is 5.56 Å². The van der Waals surface area contributed by atoms with Gasteiger partial charge in [-0.25, -0.2) is 14.2 Å². The fourth-order valence-corrected chi connectivity index (χ4v) is 3.41. The van der Waals surface area contributed by atoms with E-state index in [0.29, 0.717) is 51.3 Å². The number of primary amides is 1. The third-order valence-electron chi connectivity index (χ3n) is 5.04. The van der Waals surface area contributed by atoms with Crippen LogP contribution in [0.25, 0.3) is 5.82 Å². The first kappa shape index (κ1) is 22.0. The zero-order valence-corrected chi connectivity index (χ0v) is 17.2. The lowest BCUT2D eigenvalue weighted by Gasteiger charge is -2.26. The quantitative estimate of drug-likeness (QED) is 0.516. The molecule has 3 aromatic rings. The number of rotatable bonds is 4. The van der Waals surface area contributed by atoms with Crippen LogP contribution < -0.4 is 37.4 Å². The molecule has 0 radical (unpaired) electrons. The van der Waals surface area contributed by atoms with Crippen molar-refractivity contribution in [3.63, 3.8) is 0 Å². The van der Waals surface area contributed by atoms with Crippen molar-refractivity contribution in [2.45, 2.75) is 6.18 Å². The summed E-state index contributed by atoms with van der Waals surface area (Å²) in [6.07, 6.45) is -4.72. The average Bonchev–Trinajstić information content (AvgIpc) is 3.20. The molecule has 0 atom stereocenters. The van der Waals surface area contributed by atoms with Crippen LogP contribution in [0.5, 0.6) is 0 Å². The molecular weight excluding hydrogens is 444 g/mol. The first-order valence-electron chi connectivity index (χ1n) is 9.56. The molecule has 8 nitrogen and oxygen atoms in total. The molecule has 5 N–H and O–H groups in total. The Morgan fingerprint density at radius 2 is 1.88 bits per heavy atom. The molecule has 4 rings (SSSR count). The van der Waals surface area contributed by atoms with Crippen LogP contribution in [0, 0.1) is 5.82 Å². The van der Waals surface area contributed by atoms with Crippen molar-refractivity contribution in [3.8, 4) is 0 Å². The van der Waals surface area contributed by atoms with Crippen LogP contribution in [0.15, 0.2) is 57.9 Å². The van der Waals surface area contributed by atoms with Crippen molar-refractivity contribution in [2.24, 2.45) is 16.5 Å². The summed E-state index contributed by atoms with van der Waals surface area (Å²) >= 11 is 0. The molecular formula is C21H18F4N6O2. The monoisotopic (exact) mass is 462 g/mol. The Kier molecular flexibility index (Phi) is 5.36. The highest BCUT2D eigenvalue weighted by atomic mass is 19.4. The van der Waals surface area contributed by atoms with E-state index in [2.05, 4.69) is 10.3 Å². The Morgan fingerprint density at radius 3 is 2.48 bits per heavy atom. The number of carbonyl (C=O) groups excluding carboxylic acids is 1. The molecule has 2 amide bonds. The predicted molar refractivity (Wildman–Crippen MR) is 114 cm³/mol. The molecule has 1 aliphatic heterocycles. The second kappa shape index (κ2) is 8.04. The van der Waals surface area contributed by atoms with Gasteiger partial charge in [0, 0.05) is 18.8 Å². The number of hydrogen-bond acceptors (Lipinski definition) is 6. The number of anilines is 4. The molecule has 0 saturated heterocycles. The van der Waals surface area contributed by atoms with Gasteiger partial charge in [0.2, 0.25) is 5.55 Å². The van der Waals surface area contributed by atoms with Gasteiger partial charge >= 0.3 is 12.2 Å². The number of furan rings is 1. The maximum Gasteiger partial charge on any atom is 0.416 e. The SMILES string of the molecule is CNc1cc2c(o1)=NCN(c1ccc(N(C(N)=O)c3cc(C(F)(F)F)ccc3F)cc1)C=2N. The molecule has 0 bridgehead atoms. The molecule has 0 aliphatic carbocycles. The van der Waals surface area contributed by atoms with E-state index < -0.39 is 29.3 Å². The number of nitrogens with zero attached hydrogens (tertiary/aromatic N) is 3. The Morgan fingerprint density at radius 1 is 1.18 bits per heavy atom. The molecule has 2 aromatic carbocycles. The maximum atomic E-state index is 14.4. The highest BCUT2D eigenvalue weighted by Gasteiger charge is 2.32. The van der Waals surface area contributed by atoms with Crippen LogP contribution >= 0.6 is 0 Å². The van der Waals surface area contributed by atoms with Crippen molar-refractivity contribution in [1.82, 2.24) is 0 Å². The van der Waals surface area contributed by atoms with Crippen LogP contribution in [-0.2, 0) is 6.18 Å². The number of amides is 2.